The van der Waals surface area contributed by atoms with Gasteiger partial charge in [-0.1, -0.05) is 39.2 Å². The first-order valence-corrected chi connectivity index (χ1v) is 5.32. The zero-order valence-corrected chi connectivity index (χ0v) is 9.56. The van der Waals surface area contributed by atoms with Gasteiger partial charge in [-0.3, -0.25) is 0 Å². The van der Waals surface area contributed by atoms with Gasteiger partial charge in [-0.25, -0.2) is 0 Å². The predicted molar refractivity (Wildman–Crippen MR) is 63.0 cm³/mol. The molecule has 2 N–H and O–H groups in total. The molecule has 0 amide bonds. The van der Waals surface area contributed by atoms with Crippen molar-refractivity contribution in [2.45, 2.75) is 39.2 Å². The van der Waals surface area contributed by atoms with Crippen LogP contribution in [-0.2, 0) is 0 Å². The lowest BCUT2D eigenvalue weighted by molar-refractivity contribution is 0.461. The third-order valence-corrected chi connectivity index (χ3v) is 3.76. The van der Waals surface area contributed by atoms with E-state index in [1.807, 2.05) is 13.0 Å². The van der Waals surface area contributed by atoms with Crippen LogP contribution in [0.4, 0.5) is 0 Å². The number of allylic oxidation sites excluding steroid dienone is 2. The highest BCUT2D eigenvalue weighted by atomic mass is 14.9. The lowest BCUT2D eigenvalue weighted by atomic mass is 9.87. The van der Waals surface area contributed by atoms with Gasteiger partial charge in [-0.2, -0.15) is 0 Å². The summed E-state index contributed by atoms with van der Waals surface area (Å²) in [6.45, 7) is 14.5. The summed E-state index contributed by atoms with van der Waals surface area (Å²) in [6.07, 6.45) is 6.01. The molecule has 0 aliphatic heterocycles. The van der Waals surface area contributed by atoms with Crippen molar-refractivity contribution in [3.63, 3.8) is 0 Å². The quantitative estimate of drug-likeness (QED) is 0.536. The molecule has 1 nitrogen and oxygen atoms in total. The molecule has 0 spiro atoms. The van der Waals surface area contributed by atoms with Gasteiger partial charge in [0.25, 0.3) is 0 Å². The number of hydrogen-bond donors (Lipinski definition) is 1. The maximum atomic E-state index is 6.32. The van der Waals surface area contributed by atoms with E-state index in [9.17, 15) is 0 Å². The molecule has 0 radical (unpaired) electrons. The molecule has 2 unspecified atom stereocenters. The molecule has 0 aromatic heterocycles. The summed E-state index contributed by atoms with van der Waals surface area (Å²) in [7, 11) is 0. The Morgan fingerprint density at radius 1 is 1.43 bits per heavy atom. The van der Waals surface area contributed by atoms with E-state index < -0.39 is 0 Å². The minimum absolute atomic E-state index is 0.0335. The Kier molecular flexibility index (Phi) is 2.73. The van der Waals surface area contributed by atoms with Gasteiger partial charge < -0.3 is 5.73 Å². The summed E-state index contributed by atoms with van der Waals surface area (Å²) in [6, 6.07) is 0. The first-order chi connectivity index (χ1) is 6.51. The third kappa shape index (κ3) is 1.05. The average Bonchev–Trinajstić information content (AvgIpc) is 2.66. The molecular weight excluding hydrogens is 170 g/mol. The van der Waals surface area contributed by atoms with E-state index in [4.69, 9.17) is 5.73 Å². The Bertz CT molecular complexity index is 300. The first kappa shape index (κ1) is 11.3. The van der Waals surface area contributed by atoms with Gasteiger partial charge in [0.05, 0.1) is 5.54 Å². The van der Waals surface area contributed by atoms with E-state index in [-0.39, 0.29) is 11.0 Å². The van der Waals surface area contributed by atoms with E-state index >= 15 is 0 Å². The van der Waals surface area contributed by atoms with E-state index in [1.165, 1.54) is 0 Å². The summed E-state index contributed by atoms with van der Waals surface area (Å²) < 4.78 is 0. The van der Waals surface area contributed by atoms with Crippen molar-refractivity contribution in [3.05, 3.63) is 36.5 Å². The summed E-state index contributed by atoms with van der Waals surface area (Å²) >= 11 is 0. The van der Waals surface area contributed by atoms with E-state index in [0.717, 1.165) is 24.0 Å². The van der Waals surface area contributed by atoms with Crippen LogP contribution in [0.3, 0.4) is 0 Å². The van der Waals surface area contributed by atoms with Crippen molar-refractivity contribution in [2.24, 2.45) is 11.1 Å². The summed E-state index contributed by atoms with van der Waals surface area (Å²) in [5.41, 5.74) is 8.33. The Morgan fingerprint density at radius 2 is 2.00 bits per heavy atom. The molecule has 1 aliphatic rings. The molecule has 78 valence electrons. The summed E-state index contributed by atoms with van der Waals surface area (Å²) in [4.78, 5) is 0. The average molecular weight is 191 g/mol. The molecule has 0 aromatic rings. The molecular formula is C13H21N. The van der Waals surface area contributed by atoms with Crippen molar-refractivity contribution >= 4 is 0 Å². The fraction of sp³-hybridized carbons (Fsp3) is 0.538. The van der Waals surface area contributed by atoms with Gasteiger partial charge in [-0.15, -0.1) is 0 Å². The molecule has 0 saturated heterocycles. The molecule has 1 rings (SSSR count). The molecule has 1 saturated carbocycles. The predicted octanol–water partition coefficient (Wildman–Crippen LogP) is 3.19. The highest BCUT2D eigenvalue weighted by molar-refractivity contribution is 5.59. The maximum absolute atomic E-state index is 6.32. The van der Waals surface area contributed by atoms with Crippen molar-refractivity contribution in [1.29, 1.82) is 0 Å². The summed E-state index contributed by atoms with van der Waals surface area (Å²) in [5, 5.41) is 0. The van der Waals surface area contributed by atoms with Crippen LogP contribution in [-0.4, -0.2) is 5.54 Å². The fourth-order valence-corrected chi connectivity index (χ4v) is 2.71. The normalized spacial score (nSPS) is 36.4. The van der Waals surface area contributed by atoms with Crippen molar-refractivity contribution in [3.8, 4) is 0 Å². The number of rotatable bonds is 4. The molecule has 0 aromatic carbocycles. The maximum Gasteiger partial charge on any atom is 0.0509 e. The second-order valence-corrected chi connectivity index (χ2v) is 4.09. The third-order valence-electron chi connectivity index (χ3n) is 3.76. The molecule has 1 aliphatic carbocycles. The van der Waals surface area contributed by atoms with Crippen LogP contribution < -0.4 is 5.73 Å². The second kappa shape index (κ2) is 3.39. The zero-order chi connectivity index (χ0) is 11.0. The first-order valence-electron chi connectivity index (χ1n) is 5.32. The van der Waals surface area contributed by atoms with Crippen LogP contribution in [0, 0.1) is 5.41 Å². The molecule has 1 fully saturated rings. The second-order valence-electron chi connectivity index (χ2n) is 4.09. The molecule has 1 heteroatoms. The summed E-state index contributed by atoms with van der Waals surface area (Å²) in [5.74, 6) is 0. The lowest BCUT2D eigenvalue weighted by Crippen LogP contribution is -2.30. The highest BCUT2D eigenvalue weighted by Gasteiger charge is 2.67. The van der Waals surface area contributed by atoms with Gasteiger partial charge in [0.1, 0.15) is 0 Å². The SMILES string of the molecule is C=C(/C=C\C)C1(CC)C(=C)C1(N)CC. The molecule has 14 heavy (non-hydrogen) atoms. The van der Waals surface area contributed by atoms with Gasteiger partial charge in [-0.05, 0) is 30.9 Å². The Hall–Kier alpha value is -0.820. The van der Waals surface area contributed by atoms with Crippen LogP contribution in [0.2, 0.25) is 0 Å². The van der Waals surface area contributed by atoms with Crippen molar-refractivity contribution in [1.82, 2.24) is 0 Å². The van der Waals surface area contributed by atoms with E-state index in [0.29, 0.717) is 0 Å². The topological polar surface area (TPSA) is 26.0 Å². The Morgan fingerprint density at radius 3 is 2.29 bits per heavy atom. The number of nitrogens with two attached hydrogens (primary N) is 1. The molecule has 2 atom stereocenters. The Balaban J connectivity index is 3.04. The highest BCUT2D eigenvalue weighted by Crippen LogP contribution is 2.67. The van der Waals surface area contributed by atoms with Crippen LogP contribution in [0.5, 0.6) is 0 Å². The van der Waals surface area contributed by atoms with Gasteiger partial charge in [0.2, 0.25) is 0 Å². The van der Waals surface area contributed by atoms with E-state index in [2.05, 4.69) is 33.1 Å². The standard InChI is InChI=1S/C13H21N/c1-6-9-10(4)12(7-2)11(5)13(12,14)8-3/h6,9H,4-5,7-8,14H2,1-3H3/b9-6-. The minimum atomic E-state index is -0.210. The van der Waals surface area contributed by atoms with Crippen LogP contribution in [0.15, 0.2) is 36.5 Å². The van der Waals surface area contributed by atoms with Crippen molar-refractivity contribution in [2.75, 3.05) is 0 Å². The molecule has 0 bridgehead atoms. The number of hydrogen-bond acceptors (Lipinski definition) is 1. The van der Waals surface area contributed by atoms with Gasteiger partial charge in [0.15, 0.2) is 0 Å². The molecule has 0 heterocycles. The Labute approximate surface area is 87.4 Å². The monoisotopic (exact) mass is 191 g/mol. The fourth-order valence-electron chi connectivity index (χ4n) is 2.71. The van der Waals surface area contributed by atoms with Crippen molar-refractivity contribution < 1.29 is 0 Å². The van der Waals surface area contributed by atoms with Crippen LogP contribution in [0.1, 0.15) is 33.6 Å². The van der Waals surface area contributed by atoms with Gasteiger partial charge >= 0.3 is 0 Å². The zero-order valence-electron chi connectivity index (χ0n) is 9.56. The van der Waals surface area contributed by atoms with E-state index in [1.54, 1.807) is 0 Å². The van der Waals surface area contributed by atoms with Crippen LogP contribution in [0.25, 0.3) is 0 Å². The van der Waals surface area contributed by atoms with Crippen LogP contribution >= 0.6 is 0 Å². The minimum Gasteiger partial charge on any atom is -0.321 e. The van der Waals surface area contributed by atoms with Gasteiger partial charge in [0, 0.05) is 5.41 Å². The largest absolute Gasteiger partial charge is 0.321 e. The lowest BCUT2D eigenvalue weighted by Gasteiger charge is -2.19. The smallest absolute Gasteiger partial charge is 0.0509 e.